The number of benzene rings is 2. The van der Waals surface area contributed by atoms with Gasteiger partial charge in [-0.1, -0.05) is 30.3 Å². The highest BCUT2D eigenvalue weighted by Crippen LogP contribution is 2.27. The molecule has 1 aromatic heterocycles. The molecular formula is C18H15FN2OS2. The van der Waals surface area contributed by atoms with Crippen molar-refractivity contribution in [3.8, 4) is 11.3 Å². The second kappa shape index (κ2) is 7.59. The van der Waals surface area contributed by atoms with Gasteiger partial charge in [0, 0.05) is 15.8 Å². The lowest BCUT2D eigenvalue weighted by Gasteiger charge is -2.10. The molecule has 1 N–H and O–H groups in total. The van der Waals surface area contributed by atoms with E-state index >= 15 is 0 Å². The number of thioether (sulfide) groups is 1. The number of carbonyl (C=O) groups excluding carboxylic acids is 1. The normalized spacial score (nSPS) is 11.9. The maximum atomic E-state index is 12.9. The Morgan fingerprint density at radius 3 is 2.58 bits per heavy atom. The average Bonchev–Trinajstić information content (AvgIpc) is 3.06. The largest absolute Gasteiger partial charge is 0.301 e. The molecule has 24 heavy (non-hydrogen) atoms. The molecule has 1 heterocycles. The van der Waals surface area contributed by atoms with Crippen molar-refractivity contribution in [2.75, 3.05) is 5.32 Å². The van der Waals surface area contributed by atoms with Crippen LogP contribution in [0.5, 0.6) is 0 Å². The van der Waals surface area contributed by atoms with Gasteiger partial charge in [0.25, 0.3) is 0 Å². The highest BCUT2D eigenvalue weighted by atomic mass is 32.2. The maximum Gasteiger partial charge on any atom is 0.239 e. The first kappa shape index (κ1) is 16.7. The molecule has 3 rings (SSSR count). The Morgan fingerprint density at radius 2 is 1.88 bits per heavy atom. The van der Waals surface area contributed by atoms with Gasteiger partial charge in [0.1, 0.15) is 5.82 Å². The van der Waals surface area contributed by atoms with Crippen molar-refractivity contribution in [1.29, 1.82) is 0 Å². The number of hydrogen-bond donors (Lipinski definition) is 1. The first-order valence-electron chi connectivity index (χ1n) is 7.36. The lowest BCUT2D eigenvalue weighted by atomic mass is 10.2. The molecular weight excluding hydrogens is 343 g/mol. The second-order valence-corrected chi connectivity index (χ2v) is 7.38. The van der Waals surface area contributed by atoms with Crippen molar-refractivity contribution in [2.24, 2.45) is 0 Å². The number of halogens is 1. The number of anilines is 1. The van der Waals surface area contributed by atoms with E-state index in [1.807, 2.05) is 42.6 Å². The first-order valence-corrected chi connectivity index (χ1v) is 9.12. The molecule has 0 aliphatic rings. The van der Waals surface area contributed by atoms with E-state index in [2.05, 4.69) is 10.3 Å². The van der Waals surface area contributed by atoms with E-state index in [9.17, 15) is 9.18 Å². The molecule has 3 nitrogen and oxygen atoms in total. The van der Waals surface area contributed by atoms with Crippen LogP contribution in [-0.4, -0.2) is 16.1 Å². The Labute approximate surface area is 148 Å². The number of nitrogens with zero attached hydrogens (tertiary/aromatic N) is 1. The van der Waals surface area contributed by atoms with E-state index in [0.29, 0.717) is 5.13 Å². The highest BCUT2D eigenvalue weighted by molar-refractivity contribution is 8.00. The SMILES string of the molecule is C[C@H](Sc1ccc(F)cc1)C(=O)Nc1nc(-c2ccccc2)cs1. The van der Waals surface area contributed by atoms with Crippen molar-refractivity contribution >= 4 is 34.1 Å². The van der Waals surface area contributed by atoms with E-state index in [-0.39, 0.29) is 17.0 Å². The number of thiazole rings is 1. The van der Waals surface area contributed by atoms with Crippen LogP contribution >= 0.6 is 23.1 Å². The van der Waals surface area contributed by atoms with Crippen LogP contribution in [0.4, 0.5) is 9.52 Å². The van der Waals surface area contributed by atoms with Gasteiger partial charge in [-0.2, -0.15) is 0 Å². The van der Waals surface area contributed by atoms with Gasteiger partial charge in [-0.05, 0) is 31.2 Å². The molecule has 0 unspecified atom stereocenters. The van der Waals surface area contributed by atoms with Crippen LogP contribution in [0, 0.1) is 5.82 Å². The number of rotatable bonds is 5. The van der Waals surface area contributed by atoms with Crippen LogP contribution in [0.15, 0.2) is 64.9 Å². The van der Waals surface area contributed by atoms with Crippen molar-refractivity contribution in [2.45, 2.75) is 17.1 Å². The van der Waals surface area contributed by atoms with Crippen molar-refractivity contribution in [3.63, 3.8) is 0 Å². The van der Waals surface area contributed by atoms with Gasteiger partial charge in [0.15, 0.2) is 5.13 Å². The van der Waals surface area contributed by atoms with Crippen molar-refractivity contribution in [3.05, 3.63) is 65.8 Å². The third kappa shape index (κ3) is 4.21. The monoisotopic (exact) mass is 358 g/mol. The summed E-state index contributed by atoms with van der Waals surface area (Å²) in [6.07, 6.45) is 0. The van der Waals surface area contributed by atoms with E-state index in [1.54, 1.807) is 12.1 Å². The third-order valence-electron chi connectivity index (χ3n) is 3.30. The van der Waals surface area contributed by atoms with Gasteiger partial charge in [0.05, 0.1) is 10.9 Å². The Balaban J connectivity index is 1.62. The zero-order valence-corrected chi connectivity index (χ0v) is 14.5. The van der Waals surface area contributed by atoms with E-state index in [4.69, 9.17) is 0 Å². The van der Waals surface area contributed by atoms with Gasteiger partial charge in [0.2, 0.25) is 5.91 Å². The van der Waals surface area contributed by atoms with Gasteiger partial charge in [-0.15, -0.1) is 23.1 Å². The summed E-state index contributed by atoms with van der Waals surface area (Å²) in [7, 11) is 0. The molecule has 122 valence electrons. The van der Waals surface area contributed by atoms with Gasteiger partial charge in [-0.25, -0.2) is 9.37 Å². The van der Waals surface area contributed by atoms with E-state index < -0.39 is 0 Å². The topological polar surface area (TPSA) is 42.0 Å². The summed E-state index contributed by atoms with van der Waals surface area (Å²) in [5.74, 6) is -0.411. The molecule has 0 radical (unpaired) electrons. The molecule has 0 spiro atoms. The van der Waals surface area contributed by atoms with Gasteiger partial charge in [-0.3, -0.25) is 4.79 Å². The fourth-order valence-electron chi connectivity index (χ4n) is 2.05. The highest BCUT2D eigenvalue weighted by Gasteiger charge is 2.16. The molecule has 2 aromatic carbocycles. The van der Waals surface area contributed by atoms with Crippen LogP contribution in [0.3, 0.4) is 0 Å². The minimum absolute atomic E-state index is 0.127. The molecule has 6 heteroatoms. The molecule has 0 aliphatic carbocycles. The van der Waals surface area contributed by atoms with Crippen molar-refractivity contribution in [1.82, 2.24) is 4.98 Å². The Bertz CT molecular complexity index is 819. The minimum atomic E-state index is -0.306. The van der Waals surface area contributed by atoms with Crippen molar-refractivity contribution < 1.29 is 9.18 Å². The molecule has 0 saturated heterocycles. The predicted molar refractivity (Wildman–Crippen MR) is 97.9 cm³/mol. The quantitative estimate of drug-likeness (QED) is 0.648. The number of aromatic nitrogens is 1. The molecule has 0 fully saturated rings. The lowest BCUT2D eigenvalue weighted by molar-refractivity contribution is -0.115. The van der Waals surface area contributed by atoms with Crippen LogP contribution in [-0.2, 0) is 4.79 Å². The molecule has 1 atom stereocenters. The summed E-state index contributed by atoms with van der Waals surface area (Å²) in [6, 6.07) is 15.9. The number of hydrogen-bond acceptors (Lipinski definition) is 4. The molecule has 3 aromatic rings. The fraction of sp³-hybridized carbons (Fsp3) is 0.111. The Morgan fingerprint density at radius 1 is 1.17 bits per heavy atom. The fourth-order valence-corrected chi connectivity index (χ4v) is 3.64. The number of nitrogens with one attached hydrogen (secondary N) is 1. The zero-order valence-electron chi connectivity index (χ0n) is 12.9. The summed E-state index contributed by atoms with van der Waals surface area (Å²) >= 11 is 2.78. The third-order valence-corrected chi connectivity index (χ3v) is 5.17. The maximum absolute atomic E-state index is 12.9. The van der Waals surface area contributed by atoms with Crippen LogP contribution in [0.2, 0.25) is 0 Å². The van der Waals surface area contributed by atoms with Crippen LogP contribution < -0.4 is 5.32 Å². The summed E-state index contributed by atoms with van der Waals surface area (Å²) in [5.41, 5.74) is 1.86. The second-order valence-electron chi connectivity index (χ2n) is 5.11. The van der Waals surface area contributed by atoms with Crippen LogP contribution in [0.25, 0.3) is 11.3 Å². The van der Waals surface area contributed by atoms with Crippen LogP contribution in [0.1, 0.15) is 6.92 Å². The van der Waals surface area contributed by atoms with E-state index in [0.717, 1.165) is 16.2 Å². The average molecular weight is 358 g/mol. The van der Waals surface area contributed by atoms with Gasteiger partial charge >= 0.3 is 0 Å². The first-order chi connectivity index (χ1) is 11.6. The predicted octanol–water partition coefficient (Wildman–Crippen LogP) is 5.07. The minimum Gasteiger partial charge on any atom is -0.301 e. The molecule has 1 amide bonds. The Kier molecular flexibility index (Phi) is 5.27. The molecule has 0 bridgehead atoms. The van der Waals surface area contributed by atoms with Gasteiger partial charge < -0.3 is 5.32 Å². The lowest BCUT2D eigenvalue weighted by Crippen LogP contribution is -2.22. The summed E-state index contributed by atoms with van der Waals surface area (Å²) < 4.78 is 12.9. The molecule has 0 saturated carbocycles. The summed E-state index contributed by atoms with van der Waals surface area (Å²) in [6.45, 7) is 1.81. The molecule has 0 aliphatic heterocycles. The van der Waals surface area contributed by atoms with E-state index in [1.165, 1.54) is 35.2 Å². The summed E-state index contributed by atoms with van der Waals surface area (Å²) in [5, 5.41) is 5.02. The number of carbonyl (C=O) groups is 1. The number of amides is 1. The standard InChI is InChI=1S/C18H15FN2OS2/c1-12(24-15-9-7-14(19)8-10-15)17(22)21-18-20-16(11-23-18)13-5-3-2-4-6-13/h2-12H,1H3,(H,20,21,22)/t12-/m0/s1. The summed E-state index contributed by atoms with van der Waals surface area (Å²) in [4.78, 5) is 17.6. The smallest absolute Gasteiger partial charge is 0.239 e. The zero-order chi connectivity index (χ0) is 16.9. The Hall–Kier alpha value is -2.18.